The average molecular weight is 496 g/mol. The SMILES string of the molecule is COC[C@H]1CCCN1c1ncc(-c2ccc3c(=O)n(C)n(Cc4ccccc4OC(F)F)c3c2)cn1. The van der Waals surface area contributed by atoms with E-state index in [4.69, 9.17) is 4.74 Å². The minimum atomic E-state index is -2.93. The molecule has 1 aliphatic rings. The van der Waals surface area contributed by atoms with Gasteiger partial charge < -0.3 is 14.4 Å². The summed E-state index contributed by atoms with van der Waals surface area (Å²) < 4.78 is 39.0. The Labute approximate surface area is 206 Å². The van der Waals surface area contributed by atoms with Gasteiger partial charge in [0.2, 0.25) is 5.95 Å². The zero-order valence-electron chi connectivity index (χ0n) is 20.1. The van der Waals surface area contributed by atoms with E-state index in [-0.39, 0.29) is 23.9 Å². The molecule has 5 rings (SSSR count). The van der Waals surface area contributed by atoms with Crippen LogP contribution in [0.1, 0.15) is 18.4 Å². The van der Waals surface area contributed by atoms with E-state index in [9.17, 15) is 13.6 Å². The van der Waals surface area contributed by atoms with Crippen molar-refractivity contribution in [2.45, 2.75) is 32.0 Å². The van der Waals surface area contributed by atoms with E-state index in [0.29, 0.717) is 29.0 Å². The van der Waals surface area contributed by atoms with Crippen molar-refractivity contribution in [3.05, 3.63) is 70.8 Å². The number of aromatic nitrogens is 4. The van der Waals surface area contributed by atoms with Crippen LogP contribution >= 0.6 is 0 Å². The molecule has 8 nitrogen and oxygen atoms in total. The molecule has 0 spiro atoms. The molecule has 0 radical (unpaired) electrons. The largest absolute Gasteiger partial charge is 0.434 e. The molecule has 0 amide bonds. The lowest BCUT2D eigenvalue weighted by Crippen LogP contribution is -2.34. The highest BCUT2D eigenvalue weighted by Gasteiger charge is 2.26. The number of hydrogen-bond donors (Lipinski definition) is 0. The van der Waals surface area contributed by atoms with Crippen LogP contribution in [0.3, 0.4) is 0 Å². The summed E-state index contributed by atoms with van der Waals surface area (Å²) in [6.07, 6.45) is 5.69. The minimum absolute atomic E-state index is 0.0793. The van der Waals surface area contributed by atoms with Crippen molar-refractivity contribution >= 4 is 16.9 Å². The Hall–Kier alpha value is -3.79. The second kappa shape index (κ2) is 10.1. The van der Waals surface area contributed by atoms with Crippen LogP contribution in [0.15, 0.2) is 59.7 Å². The number of anilines is 1. The molecule has 1 aliphatic heterocycles. The lowest BCUT2D eigenvalue weighted by Gasteiger charge is -2.23. The van der Waals surface area contributed by atoms with Gasteiger partial charge in [-0.15, -0.1) is 0 Å². The monoisotopic (exact) mass is 495 g/mol. The molecule has 1 atom stereocenters. The van der Waals surface area contributed by atoms with Gasteiger partial charge in [0.1, 0.15) is 5.75 Å². The summed E-state index contributed by atoms with van der Waals surface area (Å²) in [5, 5.41) is 0.533. The lowest BCUT2D eigenvalue weighted by molar-refractivity contribution is -0.0505. The fourth-order valence-corrected chi connectivity index (χ4v) is 4.83. The number of halogens is 2. The molecule has 4 aromatic rings. The Morgan fingerprint density at radius 1 is 1.11 bits per heavy atom. The van der Waals surface area contributed by atoms with Crippen LogP contribution in [0.5, 0.6) is 5.75 Å². The molecule has 2 aromatic heterocycles. The van der Waals surface area contributed by atoms with Gasteiger partial charge in [-0.1, -0.05) is 24.3 Å². The molecule has 3 heterocycles. The van der Waals surface area contributed by atoms with Crippen molar-refractivity contribution in [2.75, 3.05) is 25.2 Å². The van der Waals surface area contributed by atoms with Gasteiger partial charge in [0.15, 0.2) is 0 Å². The highest BCUT2D eigenvalue weighted by molar-refractivity contribution is 5.84. The number of methoxy groups -OCH3 is 1. The lowest BCUT2D eigenvalue weighted by atomic mass is 10.1. The molecule has 2 aromatic carbocycles. The van der Waals surface area contributed by atoms with Gasteiger partial charge in [0.25, 0.3) is 5.56 Å². The highest BCUT2D eigenvalue weighted by atomic mass is 19.3. The molecule has 1 fully saturated rings. The van der Waals surface area contributed by atoms with Crippen molar-refractivity contribution in [1.29, 1.82) is 0 Å². The number of para-hydroxylation sites is 1. The predicted molar refractivity (Wildman–Crippen MR) is 133 cm³/mol. The van der Waals surface area contributed by atoms with Gasteiger partial charge in [0, 0.05) is 44.2 Å². The molecule has 0 bridgehead atoms. The Morgan fingerprint density at radius 3 is 2.64 bits per heavy atom. The van der Waals surface area contributed by atoms with Crippen molar-refractivity contribution in [3.63, 3.8) is 0 Å². The van der Waals surface area contributed by atoms with E-state index in [1.165, 1.54) is 10.7 Å². The Kier molecular flexibility index (Phi) is 6.69. The summed E-state index contributed by atoms with van der Waals surface area (Å²) in [7, 11) is 3.35. The third-order valence-electron chi connectivity index (χ3n) is 6.64. The molecule has 0 N–H and O–H groups in total. The van der Waals surface area contributed by atoms with Crippen molar-refractivity contribution in [3.8, 4) is 16.9 Å². The van der Waals surface area contributed by atoms with Crippen LogP contribution < -0.4 is 15.2 Å². The third kappa shape index (κ3) is 4.56. The normalized spacial score (nSPS) is 15.8. The minimum Gasteiger partial charge on any atom is -0.434 e. The van der Waals surface area contributed by atoms with Crippen molar-refractivity contribution < 1.29 is 18.3 Å². The van der Waals surface area contributed by atoms with Crippen LogP contribution in [0.4, 0.5) is 14.7 Å². The fraction of sp³-hybridized carbons (Fsp3) is 0.346. The summed E-state index contributed by atoms with van der Waals surface area (Å²) in [4.78, 5) is 24.2. The number of ether oxygens (including phenoxy) is 2. The molecule has 36 heavy (non-hydrogen) atoms. The van der Waals surface area contributed by atoms with Crippen LogP contribution in [-0.4, -0.2) is 52.2 Å². The number of hydrogen-bond acceptors (Lipinski definition) is 6. The first-order chi connectivity index (χ1) is 17.5. The Bertz CT molecular complexity index is 1420. The van der Waals surface area contributed by atoms with E-state index in [0.717, 1.165) is 30.5 Å². The third-order valence-corrected chi connectivity index (χ3v) is 6.64. The predicted octanol–water partition coefficient (Wildman–Crippen LogP) is 4.06. The van der Waals surface area contributed by atoms with E-state index in [2.05, 4.69) is 19.6 Å². The summed E-state index contributed by atoms with van der Waals surface area (Å²) >= 11 is 0. The quantitative estimate of drug-likeness (QED) is 0.367. The molecular formula is C26H27F2N5O3. The zero-order chi connectivity index (χ0) is 25.2. The number of benzene rings is 2. The Morgan fingerprint density at radius 2 is 1.89 bits per heavy atom. The maximum Gasteiger partial charge on any atom is 0.387 e. The zero-order valence-corrected chi connectivity index (χ0v) is 20.1. The van der Waals surface area contributed by atoms with Gasteiger partial charge >= 0.3 is 6.61 Å². The molecule has 0 unspecified atom stereocenters. The van der Waals surface area contributed by atoms with Gasteiger partial charge in [-0.3, -0.25) is 14.2 Å². The van der Waals surface area contributed by atoms with E-state index >= 15 is 0 Å². The molecule has 0 saturated carbocycles. The standard InChI is InChI=1S/C26H27F2N5O3/c1-31-24(34)21-10-9-17(19-13-29-26(30-14-19)32-11-5-7-20(32)16-35-2)12-22(21)33(31)15-18-6-3-4-8-23(18)36-25(27)28/h3-4,6,8-10,12-14,20,25H,5,7,11,15-16H2,1-2H3/t20-/m1/s1. The first kappa shape index (κ1) is 23.9. The molecule has 1 saturated heterocycles. The molecule has 188 valence electrons. The molecule has 0 aliphatic carbocycles. The van der Waals surface area contributed by atoms with Crippen molar-refractivity contribution in [2.24, 2.45) is 7.05 Å². The van der Waals surface area contributed by atoms with Crippen LogP contribution in [0, 0.1) is 0 Å². The first-order valence-corrected chi connectivity index (χ1v) is 11.8. The molecular weight excluding hydrogens is 468 g/mol. The van der Waals surface area contributed by atoms with E-state index in [1.54, 1.807) is 55.5 Å². The maximum absolute atomic E-state index is 12.9. The summed E-state index contributed by atoms with van der Waals surface area (Å²) in [6, 6.07) is 12.4. The number of nitrogens with zero attached hydrogens (tertiary/aromatic N) is 5. The van der Waals surface area contributed by atoms with Crippen LogP contribution in [0.25, 0.3) is 22.0 Å². The number of alkyl halides is 2. The van der Waals surface area contributed by atoms with Crippen LogP contribution in [-0.2, 0) is 18.3 Å². The van der Waals surface area contributed by atoms with Gasteiger partial charge in [-0.25, -0.2) is 9.97 Å². The first-order valence-electron chi connectivity index (χ1n) is 11.8. The number of rotatable bonds is 8. The number of fused-ring (bicyclic) bond motifs is 1. The van der Waals surface area contributed by atoms with E-state index < -0.39 is 6.61 Å². The van der Waals surface area contributed by atoms with Gasteiger partial charge in [-0.05, 0) is 36.6 Å². The summed E-state index contributed by atoms with van der Waals surface area (Å²) in [5.74, 6) is 0.752. The molecule has 10 heteroatoms. The maximum atomic E-state index is 12.9. The topological polar surface area (TPSA) is 74.4 Å². The summed E-state index contributed by atoms with van der Waals surface area (Å²) in [6.45, 7) is -1.21. The van der Waals surface area contributed by atoms with Gasteiger partial charge in [-0.2, -0.15) is 8.78 Å². The highest BCUT2D eigenvalue weighted by Crippen LogP contribution is 2.28. The smallest absolute Gasteiger partial charge is 0.387 e. The average Bonchev–Trinajstić information content (AvgIpc) is 3.43. The van der Waals surface area contributed by atoms with E-state index in [1.807, 2.05) is 12.1 Å². The Balaban J connectivity index is 1.48. The van der Waals surface area contributed by atoms with Gasteiger partial charge in [0.05, 0.1) is 30.1 Å². The second-order valence-corrected chi connectivity index (χ2v) is 8.82. The fourth-order valence-electron chi connectivity index (χ4n) is 4.83. The van der Waals surface area contributed by atoms with Crippen molar-refractivity contribution in [1.82, 2.24) is 19.3 Å². The van der Waals surface area contributed by atoms with Crippen LogP contribution in [0.2, 0.25) is 0 Å². The second-order valence-electron chi connectivity index (χ2n) is 8.82. The summed E-state index contributed by atoms with van der Waals surface area (Å²) in [5.41, 5.74) is 2.71.